The average Bonchev–Trinajstić information content (AvgIpc) is 3.11. The summed E-state index contributed by atoms with van der Waals surface area (Å²) in [6, 6.07) is 15.8. The predicted molar refractivity (Wildman–Crippen MR) is 100 cm³/mol. The third-order valence-corrected chi connectivity index (χ3v) is 4.72. The fourth-order valence-electron chi connectivity index (χ4n) is 2.45. The van der Waals surface area contributed by atoms with Crippen LogP contribution in [0.2, 0.25) is 0 Å². The van der Waals surface area contributed by atoms with Gasteiger partial charge in [-0.2, -0.15) is 0 Å². The number of nitrogen functional groups attached to an aromatic ring is 2. The van der Waals surface area contributed by atoms with E-state index < -0.39 is 0 Å². The summed E-state index contributed by atoms with van der Waals surface area (Å²) in [5.41, 5.74) is 14.0. The zero-order valence-corrected chi connectivity index (χ0v) is 14.3. The van der Waals surface area contributed by atoms with Crippen molar-refractivity contribution in [3.05, 3.63) is 66.5 Å². The molecule has 0 spiro atoms. The second-order valence-corrected chi connectivity index (χ2v) is 6.67. The first-order valence-electron chi connectivity index (χ1n) is 7.88. The Morgan fingerprint density at radius 2 is 1.88 bits per heavy atom. The summed E-state index contributed by atoms with van der Waals surface area (Å²) < 4.78 is 6.15. The fraction of sp³-hybridized carbons (Fsp3) is 0.158. The first kappa shape index (κ1) is 16.3. The lowest BCUT2D eigenvalue weighted by Crippen LogP contribution is -2.05. The van der Waals surface area contributed by atoms with E-state index in [9.17, 15) is 0 Å². The highest BCUT2D eigenvalue weighted by molar-refractivity contribution is 7.99. The van der Waals surface area contributed by atoms with E-state index in [-0.39, 0.29) is 6.10 Å². The van der Waals surface area contributed by atoms with Crippen LogP contribution in [0.1, 0.15) is 25.0 Å². The number of aromatic nitrogens is 1. The topological polar surface area (TPSA) is 77.1 Å². The number of ether oxygens (including phenoxy) is 1. The van der Waals surface area contributed by atoms with Crippen LogP contribution in [-0.2, 0) is 0 Å². The molecule has 5 N–H and O–H groups in total. The molecule has 4 nitrogen and oxygen atoms in total. The van der Waals surface area contributed by atoms with Crippen LogP contribution in [0, 0.1) is 0 Å². The van der Waals surface area contributed by atoms with Gasteiger partial charge in [-0.05, 0) is 48.9 Å². The predicted octanol–water partition coefficient (Wildman–Crippen LogP) is 4.86. The van der Waals surface area contributed by atoms with Crippen LogP contribution in [0.4, 0.5) is 11.4 Å². The lowest BCUT2D eigenvalue weighted by molar-refractivity contribution is 0.201. The number of H-pyrrole nitrogens is 1. The van der Waals surface area contributed by atoms with Crippen LogP contribution in [0.15, 0.2) is 70.7 Å². The monoisotopic (exact) mass is 339 g/mol. The molecule has 1 aromatic heterocycles. The Labute approximate surface area is 146 Å². The fourth-order valence-corrected chi connectivity index (χ4v) is 3.37. The van der Waals surface area contributed by atoms with Gasteiger partial charge in [0.15, 0.2) is 0 Å². The van der Waals surface area contributed by atoms with Crippen molar-refractivity contribution >= 4 is 23.1 Å². The second-order valence-electron chi connectivity index (χ2n) is 5.53. The third-order valence-electron chi connectivity index (χ3n) is 3.74. The third kappa shape index (κ3) is 3.86. The minimum atomic E-state index is 0.0451. The first-order valence-corrected chi connectivity index (χ1v) is 8.69. The van der Waals surface area contributed by atoms with E-state index in [2.05, 4.69) is 18.0 Å². The molecule has 2 aromatic carbocycles. The maximum absolute atomic E-state index is 6.15. The highest BCUT2D eigenvalue weighted by atomic mass is 32.2. The van der Waals surface area contributed by atoms with Gasteiger partial charge in [0.2, 0.25) is 0 Å². The molecule has 0 aliphatic carbocycles. The molecule has 0 radical (unpaired) electrons. The molecule has 0 aliphatic rings. The molecule has 5 heteroatoms. The van der Waals surface area contributed by atoms with Crippen molar-refractivity contribution in [2.75, 3.05) is 11.5 Å². The molecule has 0 fully saturated rings. The standard InChI is InChI=1S/C19H21N3OS/c1-2-19(13-8-9-22-12-13)23-14-4-3-5-15(10-14)24-16-6-7-17(20)18(21)11-16/h3-12,19,22H,2,20-21H2,1H3. The number of rotatable bonds is 6. The Kier molecular flexibility index (Phi) is 5.01. The van der Waals surface area contributed by atoms with E-state index in [1.54, 1.807) is 11.8 Å². The van der Waals surface area contributed by atoms with Crippen molar-refractivity contribution in [1.29, 1.82) is 0 Å². The quantitative estimate of drug-likeness (QED) is 0.560. The van der Waals surface area contributed by atoms with E-state index in [0.717, 1.165) is 27.5 Å². The number of hydrogen-bond acceptors (Lipinski definition) is 4. The Balaban J connectivity index is 1.75. The number of anilines is 2. The highest BCUT2D eigenvalue weighted by Crippen LogP contribution is 2.33. The SMILES string of the molecule is CCC(Oc1cccc(Sc2ccc(N)c(N)c2)c1)c1cc[nH]c1. The smallest absolute Gasteiger partial charge is 0.125 e. The summed E-state index contributed by atoms with van der Waals surface area (Å²) in [6.07, 6.45) is 4.84. The molecule has 0 bridgehead atoms. The van der Waals surface area contributed by atoms with Gasteiger partial charge in [-0.1, -0.05) is 24.8 Å². The second kappa shape index (κ2) is 7.36. The van der Waals surface area contributed by atoms with Gasteiger partial charge < -0.3 is 21.2 Å². The molecule has 1 atom stereocenters. The van der Waals surface area contributed by atoms with Crippen molar-refractivity contribution in [3.63, 3.8) is 0 Å². The first-order chi connectivity index (χ1) is 11.7. The Bertz CT molecular complexity index is 802. The van der Waals surface area contributed by atoms with Gasteiger partial charge in [0.05, 0.1) is 11.4 Å². The molecule has 3 aromatic rings. The van der Waals surface area contributed by atoms with Gasteiger partial charge in [-0.3, -0.25) is 0 Å². The summed E-state index contributed by atoms with van der Waals surface area (Å²) in [6.45, 7) is 2.12. The van der Waals surface area contributed by atoms with Gasteiger partial charge >= 0.3 is 0 Å². The van der Waals surface area contributed by atoms with E-state index in [0.29, 0.717) is 11.4 Å². The molecule has 0 saturated heterocycles. The minimum Gasteiger partial charge on any atom is -0.486 e. The Morgan fingerprint density at radius 3 is 2.58 bits per heavy atom. The molecule has 1 unspecified atom stereocenters. The number of benzene rings is 2. The van der Waals surface area contributed by atoms with Crippen LogP contribution in [0.25, 0.3) is 0 Å². The molecule has 0 aliphatic heterocycles. The lowest BCUT2D eigenvalue weighted by atomic mass is 10.1. The van der Waals surface area contributed by atoms with Gasteiger partial charge in [-0.25, -0.2) is 0 Å². The number of nitrogens with one attached hydrogen (secondary N) is 1. The minimum absolute atomic E-state index is 0.0451. The molecule has 0 amide bonds. The highest BCUT2D eigenvalue weighted by Gasteiger charge is 2.12. The van der Waals surface area contributed by atoms with Crippen LogP contribution >= 0.6 is 11.8 Å². The average molecular weight is 339 g/mol. The van der Waals surface area contributed by atoms with Gasteiger partial charge in [0.1, 0.15) is 11.9 Å². The Morgan fingerprint density at radius 1 is 1.04 bits per heavy atom. The van der Waals surface area contributed by atoms with Gasteiger partial charge in [0.25, 0.3) is 0 Å². The molecule has 0 saturated carbocycles. The summed E-state index contributed by atoms with van der Waals surface area (Å²) in [7, 11) is 0. The van der Waals surface area contributed by atoms with Gasteiger partial charge in [-0.15, -0.1) is 0 Å². The lowest BCUT2D eigenvalue weighted by Gasteiger charge is -2.17. The van der Waals surface area contributed by atoms with E-state index >= 15 is 0 Å². The summed E-state index contributed by atoms with van der Waals surface area (Å²) >= 11 is 1.64. The summed E-state index contributed by atoms with van der Waals surface area (Å²) in [5.74, 6) is 0.858. The number of nitrogens with two attached hydrogens (primary N) is 2. The zero-order valence-electron chi connectivity index (χ0n) is 13.5. The molecule has 1 heterocycles. The summed E-state index contributed by atoms with van der Waals surface area (Å²) in [4.78, 5) is 5.23. The van der Waals surface area contributed by atoms with E-state index in [1.165, 1.54) is 0 Å². The molecule has 3 rings (SSSR count). The van der Waals surface area contributed by atoms with Crippen LogP contribution in [0.3, 0.4) is 0 Å². The van der Waals surface area contributed by atoms with Crippen molar-refractivity contribution in [2.24, 2.45) is 0 Å². The van der Waals surface area contributed by atoms with Crippen molar-refractivity contribution in [3.8, 4) is 5.75 Å². The van der Waals surface area contributed by atoms with Crippen molar-refractivity contribution in [2.45, 2.75) is 29.2 Å². The molecule has 24 heavy (non-hydrogen) atoms. The van der Waals surface area contributed by atoms with Crippen LogP contribution < -0.4 is 16.2 Å². The van der Waals surface area contributed by atoms with Crippen LogP contribution in [-0.4, -0.2) is 4.98 Å². The number of hydrogen-bond donors (Lipinski definition) is 3. The van der Waals surface area contributed by atoms with Crippen molar-refractivity contribution < 1.29 is 4.74 Å². The molecular formula is C19H21N3OS. The maximum atomic E-state index is 6.15. The van der Waals surface area contributed by atoms with Crippen LogP contribution in [0.5, 0.6) is 5.75 Å². The number of aromatic amines is 1. The Hall–Kier alpha value is -2.53. The largest absolute Gasteiger partial charge is 0.486 e. The van der Waals surface area contributed by atoms with E-state index in [4.69, 9.17) is 16.2 Å². The normalized spacial score (nSPS) is 12.0. The van der Waals surface area contributed by atoms with Crippen molar-refractivity contribution in [1.82, 2.24) is 4.98 Å². The summed E-state index contributed by atoms with van der Waals surface area (Å²) in [5, 5.41) is 0. The van der Waals surface area contributed by atoms with E-state index in [1.807, 2.05) is 54.9 Å². The van der Waals surface area contributed by atoms with Gasteiger partial charge in [0, 0.05) is 27.7 Å². The maximum Gasteiger partial charge on any atom is 0.125 e. The molecular weight excluding hydrogens is 318 g/mol. The molecule has 124 valence electrons. The zero-order chi connectivity index (χ0) is 16.9.